The van der Waals surface area contributed by atoms with Crippen molar-refractivity contribution in [3.63, 3.8) is 0 Å². The van der Waals surface area contributed by atoms with E-state index in [1.54, 1.807) is 26.0 Å². The van der Waals surface area contributed by atoms with Crippen molar-refractivity contribution in [3.05, 3.63) is 47.3 Å². The van der Waals surface area contributed by atoms with E-state index in [-0.39, 0.29) is 17.3 Å². The van der Waals surface area contributed by atoms with Crippen molar-refractivity contribution in [2.45, 2.75) is 38.5 Å². The van der Waals surface area contributed by atoms with Crippen LogP contribution in [0.4, 0.5) is 24.0 Å². The molecular weight excluding hydrogens is 469 g/mol. The summed E-state index contributed by atoms with van der Waals surface area (Å²) in [5.41, 5.74) is -1.64. The van der Waals surface area contributed by atoms with Crippen LogP contribution >= 0.6 is 11.3 Å². The molecule has 2 N–H and O–H groups in total. The van der Waals surface area contributed by atoms with Gasteiger partial charge in [-0.15, -0.1) is 0 Å². The van der Waals surface area contributed by atoms with Crippen LogP contribution in [0.5, 0.6) is 0 Å². The number of thiazole rings is 1. The van der Waals surface area contributed by atoms with Crippen molar-refractivity contribution >= 4 is 44.6 Å². The third-order valence-corrected chi connectivity index (χ3v) is 6.78. The molecule has 0 atom stereocenters. The van der Waals surface area contributed by atoms with Crippen molar-refractivity contribution in [1.82, 2.24) is 9.97 Å². The van der Waals surface area contributed by atoms with Crippen molar-refractivity contribution in [1.29, 1.82) is 0 Å². The Morgan fingerprint density at radius 1 is 1.21 bits per heavy atom. The van der Waals surface area contributed by atoms with Crippen molar-refractivity contribution in [2.75, 3.05) is 23.3 Å². The summed E-state index contributed by atoms with van der Waals surface area (Å²) in [6.45, 7) is 4.49. The monoisotopic (exact) mass is 492 g/mol. The first-order valence-corrected chi connectivity index (χ1v) is 11.5. The highest BCUT2D eigenvalue weighted by Crippen LogP contribution is 2.38. The number of carbonyl (C=O) groups excluding carboxylic acids is 2. The molecule has 1 aromatic carbocycles. The van der Waals surface area contributed by atoms with Gasteiger partial charge in [0.2, 0.25) is 0 Å². The van der Waals surface area contributed by atoms with Gasteiger partial charge in [0.15, 0.2) is 5.13 Å². The van der Waals surface area contributed by atoms with E-state index in [1.807, 2.05) is 0 Å². The number of carbonyl (C=O) groups is 2. The molecule has 11 heteroatoms. The van der Waals surface area contributed by atoms with Gasteiger partial charge < -0.3 is 20.1 Å². The van der Waals surface area contributed by atoms with Gasteiger partial charge in [-0.1, -0.05) is 17.4 Å². The molecule has 0 bridgehead atoms. The number of halogens is 3. The van der Waals surface area contributed by atoms with Crippen LogP contribution in [-0.4, -0.2) is 40.4 Å². The molecule has 1 aliphatic heterocycles. The highest BCUT2D eigenvalue weighted by atomic mass is 32.1. The number of pyridine rings is 1. The number of anilines is 2. The lowest BCUT2D eigenvalue weighted by Gasteiger charge is -2.29. The number of aromatic nitrogens is 2. The Kier molecular flexibility index (Phi) is 6.34. The topological polar surface area (TPSA) is 95.4 Å². The Morgan fingerprint density at radius 3 is 2.53 bits per heavy atom. The van der Waals surface area contributed by atoms with Crippen molar-refractivity contribution < 1.29 is 27.9 Å². The van der Waals surface area contributed by atoms with E-state index in [2.05, 4.69) is 20.2 Å². The Labute approximate surface area is 197 Å². The fourth-order valence-electron chi connectivity index (χ4n) is 3.84. The molecule has 180 valence electrons. The van der Waals surface area contributed by atoms with Crippen LogP contribution in [0.1, 0.15) is 48.4 Å². The van der Waals surface area contributed by atoms with Gasteiger partial charge in [-0.2, -0.15) is 13.2 Å². The highest BCUT2D eigenvalue weighted by Gasteiger charge is 2.33. The third kappa shape index (κ3) is 5.05. The first-order chi connectivity index (χ1) is 16.0. The first kappa shape index (κ1) is 24.1. The van der Waals surface area contributed by atoms with E-state index >= 15 is 0 Å². The SMILES string of the molecule is CC(C)(O)c1cc2nc(N3CCC(C=O)CC3)sc2cc1NC(=O)c1cccc(C(F)(F)F)n1. The summed E-state index contributed by atoms with van der Waals surface area (Å²) in [4.78, 5) is 34.0. The van der Waals surface area contributed by atoms with Crippen molar-refractivity contribution in [3.8, 4) is 0 Å². The maximum Gasteiger partial charge on any atom is 0.433 e. The lowest BCUT2D eigenvalue weighted by molar-refractivity contribution is -0.141. The zero-order chi connectivity index (χ0) is 24.7. The predicted octanol–water partition coefficient (Wildman–Crippen LogP) is 4.61. The quantitative estimate of drug-likeness (QED) is 0.506. The van der Waals surface area contributed by atoms with Gasteiger partial charge >= 0.3 is 6.18 Å². The number of amides is 1. The minimum absolute atomic E-state index is 0.0543. The smallest absolute Gasteiger partial charge is 0.386 e. The van der Waals surface area contributed by atoms with E-state index in [4.69, 9.17) is 0 Å². The fourth-order valence-corrected chi connectivity index (χ4v) is 4.88. The van der Waals surface area contributed by atoms with Crippen LogP contribution in [0.3, 0.4) is 0 Å². The van der Waals surface area contributed by atoms with E-state index in [1.165, 1.54) is 17.4 Å². The predicted molar refractivity (Wildman–Crippen MR) is 123 cm³/mol. The van der Waals surface area contributed by atoms with Crippen LogP contribution in [0, 0.1) is 5.92 Å². The van der Waals surface area contributed by atoms with Gasteiger partial charge in [0.05, 0.1) is 15.8 Å². The van der Waals surface area contributed by atoms with Crippen LogP contribution in [0.2, 0.25) is 0 Å². The molecule has 1 saturated heterocycles. The molecule has 2 aromatic heterocycles. The second-order valence-electron chi connectivity index (χ2n) is 8.74. The molecule has 0 radical (unpaired) electrons. The lowest BCUT2D eigenvalue weighted by Crippen LogP contribution is -2.33. The molecule has 4 rings (SSSR count). The summed E-state index contributed by atoms with van der Waals surface area (Å²) in [7, 11) is 0. The molecular formula is C23H23F3N4O3S. The average Bonchev–Trinajstić information content (AvgIpc) is 3.20. The Hall–Kier alpha value is -3.05. The number of aldehydes is 1. The zero-order valence-electron chi connectivity index (χ0n) is 18.5. The van der Waals surface area contributed by atoms with Gasteiger partial charge in [0, 0.05) is 30.3 Å². The fraction of sp³-hybridized carbons (Fsp3) is 0.391. The summed E-state index contributed by atoms with van der Waals surface area (Å²) in [5, 5.41) is 14.1. The molecule has 0 aliphatic carbocycles. The van der Waals surface area contributed by atoms with Crippen LogP contribution in [-0.2, 0) is 16.6 Å². The number of rotatable bonds is 5. The third-order valence-electron chi connectivity index (χ3n) is 5.70. The van der Waals surface area contributed by atoms with Crippen molar-refractivity contribution in [2.24, 2.45) is 5.92 Å². The molecule has 7 nitrogen and oxygen atoms in total. The normalized spacial score (nSPS) is 15.5. The molecule has 0 spiro atoms. The highest BCUT2D eigenvalue weighted by molar-refractivity contribution is 7.22. The summed E-state index contributed by atoms with van der Waals surface area (Å²) in [5.74, 6) is -0.768. The molecule has 1 amide bonds. The zero-order valence-corrected chi connectivity index (χ0v) is 19.3. The molecule has 3 heterocycles. The maximum absolute atomic E-state index is 13.0. The van der Waals surface area contributed by atoms with Gasteiger partial charge in [-0.3, -0.25) is 4.79 Å². The van der Waals surface area contributed by atoms with E-state index in [0.29, 0.717) is 24.2 Å². The van der Waals surface area contributed by atoms with Gasteiger partial charge in [-0.05, 0) is 51.0 Å². The molecule has 0 saturated carbocycles. The summed E-state index contributed by atoms with van der Waals surface area (Å²) >= 11 is 1.40. The Balaban J connectivity index is 1.66. The van der Waals surface area contributed by atoms with Crippen LogP contribution in [0.25, 0.3) is 10.2 Å². The minimum Gasteiger partial charge on any atom is -0.386 e. The van der Waals surface area contributed by atoms with E-state index < -0.39 is 23.4 Å². The number of benzene rings is 1. The van der Waals surface area contributed by atoms with E-state index in [9.17, 15) is 27.9 Å². The minimum atomic E-state index is -4.67. The summed E-state index contributed by atoms with van der Waals surface area (Å²) in [6.07, 6.45) is -2.19. The van der Waals surface area contributed by atoms with Gasteiger partial charge in [0.25, 0.3) is 5.91 Å². The lowest BCUT2D eigenvalue weighted by atomic mass is 9.96. The second kappa shape index (κ2) is 8.95. The van der Waals surface area contributed by atoms with E-state index in [0.717, 1.165) is 41.1 Å². The number of hydrogen-bond acceptors (Lipinski definition) is 7. The largest absolute Gasteiger partial charge is 0.433 e. The Morgan fingerprint density at radius 2 is 1.91 bits per heavy atom. The van der Waals surface area contributed by atoms with Crippen LogP contribution in [0.15, 0.2) is 30.3 Å². The second-order valence-corrected chi connectivity index (χ2v) is 9.75. The summed E-state index contributed by atoms with van der Waals surface area (Å²) in [6, 6.07) is 6.44. The number of nitrogens with one attached hydrogen (secondary N) is 1. The average molecular weight is 493 g/mol. The molecule has 34 heavy (non-hydrogen) atoms. The molecule has 1 aliphatic rings. The number of aliphatic hydroxyl groups is 1. The molecule has 0 unspecified atom stereocenters. The number of alkyl halides is 3. The van der Waals surface area contributed by atoms with Gasteiger partial charge in [0.1, 0.15) is 17.7 Å². The summed E-state index contributed by atoms with van der Waals surface area (Å²) < 4.78 is 39.7. The Bertz CT molecular complexity index is 1230. The van der Waals surface area contributed by atoms with Gasteiger partial charge in [-0.25, -0.2) is 9.97 Å². The number of piperidine rings is 1. The number of nitrogens with zero attached hydrogens (tertiary/aromatic N) is 3. The molecule has 1 fully saturated rings. The maximum atomic E-state index is 13.0. The number of hydrogen-bond donors (Lipinski definition) is 2. The standard InChI is InChI=1S/C23H23F3N4O3S/c1-22(2,33)14-10-17-18(34-21(29-17)30-8-6-13(12-31)7-9-30)11-16(14)28-20(32)15-4-3-5-19(27-15)23(24,25)26/h3-5,10-13,33H,6-9H2,1-2H3,(H,28,32). The van der Waals surface area contributed by atoms with Crippen LogP contribution < -0.4 is 10.2 Å². The molecule has 3 aromatic rings. The number of fused-ring (bicyclic) bond motifs is 1. The first-order valence-electron chi connectivity index (χ1n) is 10.7.